The maximum Gasteiger partial charge on any atom is 0.132 e. The minimum absolute atomic E-state index is 0.728. The van der Waals surface area contributed by atoms with E-state index in [1.165, 1.54) is 6.34 Å². The van der Waals surface area contributed by atoms with Crippen LogP contribution in [0.3, 0.4) is 0 Å². The van der Waals surface area contributed by atoms with Crippen LogP contribution in [0.4, 0.5) is 0 Å². The molecule has 0 heterocycles. The monoisotopic (exact) mass is 99.1 g/mol. The van der Waals surface area contributed by atoms with Gasteiger partial charge in [-0.15, -0.1) is 5.11 Å². The van der Waals surface area contributed by atoms with Crippen molar-refractivity contribution in [1.29, 1.82) is 0 Å². The topological polar surface area (TPSA) is 37.1 Å². The highest BCUT2D eigenvalue weighted by Gasteiger charge is 1.58. The molecule has 40 valence electrons. The Bertz CT molecular complexity index is 75.0. The highest BCUT2D eigenvalue weighted by atomic mass is 15.1. The van der Waals surface area contributed by atoms with Gasteiger partial charge in [0.2, 0.25) is 0 Å². The van der Waals surface area contributed by atoms with Crippen molar-refractivity contribution in [3.05, 3.63) is 0 Å². The van der Waals surface area contributed by atoms with Crippen LogP contribution < -0.4 is 0 Å². The average Bonchev–Trinajstić information content (AvgIpc) is 1.69. The fraction of sp³-hybridized carbons (Fsp3) is 0.750. The van der Waals surface area contributed by atoms with E-state index in [-0.39, 0.29) is 0 Å². The molecule has 3 heteroatoms. The molecule has 0 unspecified atom stereocenters. The lowest BCUT2D eigenvalue weighted by Crippen LogP contribution is -1.64. The predicted octanol–water partition coefficient (Wildman–Crippen LogP) is 1.12. The van der Waals surface area contributed by atoms with Crippen LogP contribution >= 0.6 is 0 Å². The van der Waals surface area contributed by atoms with Crippen LogP contribution in [0.5, 0.6) is 0 Å². The second-order valence-corrected chi connectivity index (χ2v) is 0.947. The molecule has 0 bridgehead atoms. The number of rotatable bonds is 2. The first-order chi connectivity index (χ1) is 3.41. The van der Waals surface area contributed by atoms with Gasteiger partial charge in [-0.25, -0.2) is 0 Å². The third-order valence-corrected chi connectivity index (χ3v) is 0.390. The van der Waals surface area contributed by atoms with Crippen molar-refractivity contribution >= 4 is 6.34 Å². The van der Waals surface area contributed by atoms with Gasteiger partial charge in [0.15, 0.2) is 0 Å². The van der Waals surface area contributed by atoms with Crippen molar-refractivity contribution in [2.75, 3.05) is 13.6 Å². The molecule has 0 saturated carbocycles. The van der Waals surface area contributed by atoms with Gasteiger partial charge < -0.3 is 0 Å². The summed E-state index contributed by atoms with van der Waals surface area (Å²) in [6.07, 6.45) is 1.42. The van der Waals surface area contributed by atoms with Crippen molar-refractivity contribution in [3.8, 4) is 0 Å². The normalized spacial score (nSPS) is 11.7. The summed E-state index contributed by atoms with van der Waals surface area (Å²) in [6, 6.07) is 0. The lowest BCUT2D eigenvalue weighted by Gasteiger charge is -1.70. The first kappa shape index (κ1) is 6.27. The van der Waals surface area contributed by atoms with Gasteiger partial charge in [-0.3, -0.25) is 4.99 Å². The summed E-state index contributed by atoms with van der Waals surface area (Å²) in [4.78, 5) is 3.59. The van der Waals surface area contributed by atoms with Crippen LogP contribution in [0.1, 0.15) is 6.92 Å². The van der Waals surface area contributed by atoms with Crippen LogP contribution in [0.15, 0.2) is 15.2 Å². The van der Waals surface area contributed by atoms with Gasteiger partial charge in [-0.2, -0.15) is 5.11 Å². The van der Waals surface area contributed by atoms with Crippen LogP contribution in [0.2, 0.25) is 0 Å². The van der Waals surface area contributed by atoms with Crippen LogP contribution in [0, 0.1) is 0 Å². The Balaban J connectivity index is 3.09. The molecule has 0 fully saturated rings. The Morgan fingerprint density at radius 2 is 2.29 bits per heavy atom. The molecule has 0 aliphatic rings. The van der Waals surface area contributed by atoms with E-state index in [1.807, 2.05) is 6.92 Å². The van der Waals surface area contributed by atoms with E-state index in [4.69, 9.17) is 0 Å². The van der Waals surface area contributed by atoms with E-state index in [0.29, 0.717) is 0 Å². The third-order valence-electron chi connectivity index (χ3n) is 0.390. The van der Waals surface area contributed by atoms with Crippen molar-refractivity contribution in [1.82, 2.24) is 0 Å². The first-order valence-corrected chi connectivity index (χ1v) is 2.19. The van der Waals surface area contributed by atoms with Gasteiger partial charge in [0.25, 0.3) is 0 Å². The number of nitrogens with zero attached hydrogens (tertiary/aromatic N) is 3. The average molecular weight is 99.1 g/mol. The molecule has 0 rings (SSSR count). The molecular weight excluding hydrogens is 90.1 g/mol. The van der Waals surface area contributed by atoms with Crippen molar-refractivity contribution < 1.29 is 0 Å². The molecule has 0 aliphatic heterocycles. The molecule has 0 aromatic carbocycles. The van der Waals surface area contributed by atoms with E-state index >= 15 is 0 Å². The van der Waals surface area contributed by atoms with E-state index in [9.17, 15) is 0 Å². The molecule has 0 atom stereocenters. The summed E-state index contributed by atoms with van der Waals surface area (Å²) >= 11 is 0. The van der Waals surface area contributed by atoms with Gasteiger partial charge in [-0.1, -0.05) is 0 Å². The van der Waals surface area contributed by atoms with Crippen LogP contribution in [-0.4, -0.2) is 19.9 Å². The Kier molecular flexibility index (Phi) is 4.72. The van der Waals surface area contributed by atoms with E-state index < -0.39 is 0 Å². The summed E-state index contributed by atoms with van der Waals surface area (Å²) in [5.41, 5.74) is 0. The molecule has 0 spiro atoms. The largest absolute Gasteiger partial charge is 0.275 e. The standard InChI is InChI=1S/C4H9N3/c1-3-6-7-4-5-2/h4H,3H2,1-2H3. The van der Waals surface area contributed by atoms with E-state index in [0.717, 1.165) is 6.54 Å². The molecule has 0 amide bonds. The smallest absolute Gasteiger partial charge is 0.132 e. The number of azo groups is 1. The Morgan fingerprint density at radius 3 is 2.71 bits per heavy atom. The van der Waals surface area contributed by atoms with Gasteiger partial charge in [0.1, 0.15) is 6.34 Å². The molecule has 0 saturated heterocycles. The summed E-state index contributed by atoms with van der Waals surface area (Å²) in [5.74, 6) is 0. The summed E-state index contributed by atoms with van der Waals surface area (Å²) < 4.78 is 0. The van der Waals surface area contributed by atoms with Crippen LogP contribution in [0.25, 0.3) is 0 Å². The summed E-state index contributed by atoms with van der Waals surface area (Å²) in [7, 11) is 1.66. The molecular formula is C4H9N3. The fourth-order valence-electron chi connectivity index (χ4n) is 0.170. The number of hydrogen-bond donors (Lipinski definition) is 0. The lowest BCUT2D eigenvalue weighted by molar-refractivity contribution is 1.03. The zero-order chi connectivity index (χ0) is 5.54. The molecule has 7 heavy (non-hydrogen) atoms. The zero-order valence-electron chi connectivity index (χ0n) is 4.63. The molecule has 0 radical (unpaired) electrons. The Hall–Kier alpha value is -0.730. The van der Waals surface area contributed by atoms with Gasteiger partial charge in [-0.05, 0) is 6.92 Å². The second-order valence-electron chi connectivity index (χ2n) is 0.947. The SMILES string of the molecule is CCN=NC=NC. The molecule has 3 nitrogen and oxygen atoms in total. The summed E-state index contributed by atoms with van der Waals surface area (Å²) in [5, 5.41) is 7.18. The fourth-order valence-corrected chi connectivity index (χ4v) is 0.170. The quantitative estimate of drug-likeness (QED) is 0.282. The lowest BCUT2D eigenvalue weighted by atomic mass is 10.8. The van der Waals surface area contributed by atoms with Crippen molar-refractivity contribution in [2.24, 2.45) is 15.2 Å². The highest BCUT2D eigenvalue weighted by molar-refractivity contribution is 5.53. The number of hydrogen-bond acceptors (Lipinski definition) is 2. The maximum atomic E-state index is 3.64. The third kappa shape index (κ3) is 5.27. The van der Waals surface area contributed by atoms with Crippen molar-refractivity contribution in [3.63, 3.8) is 0 Å². The summed E-state index contributed by atoms with van der Waals surface area (Å²) in [6.45, 7) is 2.65. The minimum Gasteiger partial charge on any atom is -0.275 e. The van der Waals surface area contributed by atoms with E-state index in [1.54, 1.807) is 7.05 Å². The van der Waals surface area contributed by atoms with Gasteiger partial charge in [0, 0.05) is 7.05 Å². The molecule has 0 aromatic heterocycles. The predicted molar refractivity (Wildman–Crippen MR) is 29.8 cm³/mol. The second kappa shape index (κ2) is 5.27. The maximum absolute atomic E-state index is 3.64. The minimum atomic E-state index is 0.728. The zero-order valence-corrected chi connectivity index (χ0v) is 4.63. The van der Waals surface area contributed by atoms with E-state index in [2.05, 4.69) is 15.2 Å². The Morgan fingerprint density at radius 1 is 1.57 bits per heavy atom. The van der Waals surface area contributed by atoms with Gasteiger partial charge in [0.05, 0.1) is 6.54 Å². The van der Waals surface area contributed by atoms with Crippen molar-refractivity contribution in [2.45, 2.75) is 6.92 Å². The first-order valence-electron chi connectivity index (χ1n) is 2.19. The molecule has 0 N–H and O–H groups in total. The molecule has 0 aliphatic carbocycles. The molecule has 0 aromatic rings. The van der Waals surface area contributed by atoms with Crippen LogP contribution in [-0.2, 0) is 0 Å². The Labute approximate surface area is 43.2 Å². The highest BCUT2D eigenvalue weighted by Crippen LogP contribution is 1.67. The van der Waals surface area contributed by atoms with Gasteiger partial charge >= 0.3 is 0 Å². The number of aliphatic imine (C=N–C) groups is 1.